The fourth-order valence-corrected chi connectivity index (χ4v) is 3.18. The van der Waals surface area contributed by atoms with Crippen LogP contribution in [0.25, 0.3) is 21.8 Å². The minimum Gasteiger partial charge on any atom is -0.364 e. The Hall–Kier alpha value is -2.56. The van der Waals surface area contributed by atoms with Crippen LogP contribution in [0.4, 0.5) is 0 Å². The summed E-state index contributed by atoms with van der Waals surface area (Å²) in [4.78, 5) is 26.9. The molecule has 0 saturated heterocycles. The lowest BCUT2D eigenvalue weighted by molar-refractivity contribution is 0.0986. The van der Waals surface area contributed by atoms with Gasteiger partial charge in [-0.3, -0.25) is 9.59 Å². The van der Waals surface area contributed by atoms with Crippen molar-refractivity contribution in [1.82, 2.24) is 9.55 Å². The highest BCUT2D eigenvalue weighted by Crippen LogP contribution is 2.37. The zero-order valence-electron chi connectivity index (χ0n) is 11.4. The molecule has 1 fully saturated rings. The molecule has 5 heteroatoms. The molecule has 0 bridgehead atoms. The van der Waals surface area contributed by atoms with E-state index >= 15 is 0 Å². The Bertz CT molecular complexity index is 932. The number of para-hydroxylation sites is 1. The Morgan fingerprint density at radius 1 is 1.24 bits per heavy atom. The number of H-pyrrole nitrogens is 1. The van der Waals surface area contributed by atoms with E-state index in [4.69, 9.17) is 5.73 Å². The van der Waals surface area contributed by atoms with Gasteiger partial charge in [-0.1, -0.05) is 18.2 Å². The van der Waals surface area contributed by atoms with Crippen LogP contribution >= 0.6 is 0 Å². The highest BCUT2D eigenvalue weighted by molar-refractivity contribution is 6.07. The maximum absolute atomic E-state index is 12.3. The normalized spacial score (nSPS) is 15.4. The summed E-state index contributed by atoms with van der Waals surface area (Å²) in [7, 11) is 0. The SMILES string of the molecule is NC(=O)c1cc2c(=O)[nH]c3ccccc3c2n1C1CCC1. The van der Waals surface area contributed by atoms with E-state index in [9.17, 15) is 9.59 Å². The average Bonchev–Trinajstić information content (AvgIpc) is 2.78. The number of carbonyl (C=O) groups is 1. The molecule has 4 rings (SSSR count). The summed E-state index contributed by atoms with van der Waals surface area (Å²) in [6.45, 7) is 0. The number of rotatable bonds is 2. The van der Waals surface area contributed by atoms with Gasteiger partial charge in [0.25, 0.3) is 11.5 Å². The first-order valence-electron chi connectivity index (χ1n) is 7.12. The molecule has 0 unspecified atom stereocenters. The van der Waals surface area contributed by atoms with Crippen molar-refractivity contribution in [1.29, 1.82) is 0 Å². The number of aromatic nitrogens is 2. The van der Waals surface area contributed by atoms with E-state index in [1.54, 1.807) is 6.07 Å². The first-order valence-corrected chi connectivity index (χ1v) is 7.12. The molecule has 0 atom stereocenters. The number of hydrogen-bond acceptors (Lipinski definition) is 2. The highest BCUT2D eigenvalue weighted by Gasteiger charge is 2.27. The molecule has 1 aromatic carbocycles. The van der Waals surface area contributed by atoms with Crippen molar-refractivity contribution >= 4 is 27.7 Å². The van der Waals surface area contributed by atoms with Gasteiger partial charge >= 0.3 is 0 Å². The standard InChI is InChI=1S/C16H15N3O2/c17-15(20)13-8-11-14(19(13)9-4-3-5-9)10-6-1-2-7-12(10)18-16(11)21/h1-2,6-9H,3-5H2,(H2,17,20)(H,18,21). The van der Waals surface area contributed by atoms with Crippen molar-refractivity contribution in [3.8, 4) is 0 Å². The highest BCUT2D eigenvalue weighted by atomic mass is 16.1. The van der Waals surface area contributed by atoms with Crippen molar-refractivity contribution in [3.05, 3.63) is 46.4 Å². The Kier molecular flexibility index (Phi) is 2.45. The first kappa shape index (κ1) is 12.2. The van der Waals surface area contributed by atoms with E-state index in [1.165, 1.54) is 0 Å². The Morgan fingerprint density at radius 3 is 2.67 bits per heavy atom. The molecule has 1 aliphatic carbocycles. The summed E-state index contributed by atoms with van der Waals surface area (Å²) in [5.41, 5.74) is 7.38. The van der Waals surface area contributed by atoms with Crippen LogP contribution < -0.4 is 11.3 Å². The molecule has 3 N–H and O–H groups in total. The second-order valence-electron chi connectivity index (χ2n) is 5.61. The van der Waals surface area contributed by atoms with Crippen molar-refractivity contribution in [2.75, 3.05) is 0 Å². The van der Waals surface area contributed by atoms with E-state index in [-0.39, 0.29) is 11.6 Å². The molecule has 0 aliphatic heterocycles. The van der Waals surface area contributed by atoms with Crippen LogP contribution in [0.5, 0.6) is 0 Å². The monoisotopic (exact) mass is 281 g/mol. The van der Waals surface area contributed by atoms with Crippen molar-refractivity contribution in [2.24, 2.45) is 5.73 Å². The summed E-state index contributed by atoms with van der Waals surface area (Å²) < 4.78 is 1.97. The van der Waals surface area contributed by atoms with E-state index in [0.717, 1.165) is 35.7 Å². The lowest BCUT2D eigenvalue weighted by Gasteiger charge is -2.29. The zero-order valence-corrected chi connectivity index (χ0v) is 11.4. The molecule has 0 spiro atoms. The Morgan fingerprint density at radius 2 is 2.00 bits per heavy atom. The molecular formula is C16H15N3O2. The third kappa shape index (κ3) is 1.63. The summed E-state index contributed by atoms with van der Waals surface area (Å²) in [5, 5.41) is 1.49. The largest absolute Gasteiger partial charge is 0.364 e. The molecule has 2 heterocycles. The van der Waals surface area contributed by atoms with Crippen LogP contribution in [0, 0.1) is 0 Å². The maximum atomic E-state index is 12.3. The molecule has 1 amide bonds. The van der Waals surface area contributed by atoms with E-state index < -0.39 is 5.91 Å². The van der Waals surface area contributed by atoms with Gasteiger partial charge in [0.15, 0.2) is 0 Å². The van der Waals surface area contributed by atoms with Gasteiger partial charge in [0.2, 0.25) is 0 Å². The number of carbonyl (C=O) groups excluding carboxylic acids is 1. The number of benzene rings is 1. The van der Waals surface area contributed by atoms with Crippen LogP contribution in [0.15, 0.2) is 35.1 Å². The molecule has 1 saturated carbocycles. The smallest absolute Gasteiger partial charge is 0.265 e. The van der Waals surface area contributed by atoms with Gasteiger partial charge in [0, 0.05) is 11.4 Å². The summed E-state index contributed by atoms with van der Waals surface area (Å²) in [6.07, 6.45) is 3.18. The maximum Gasteiger partial charge on any atom is 0.265 e. The molecule has 21 heavy (non-hydrogen) atoms. The zero-order chi connectivity index (χ0) is 14.6. The lowest BCUT2D eigenvalue weighted by Crippen LogP contribution is -2.24. The van der Waals surface area contributed by atoms with E-state index in [0.29, 0.717) is 11.1 Å². The quantitative estimate of drug-likeness (QED) is 0.755. The van der Waals surface area contributed by atoms with Gasteiger partial charge in [-0.05, 0) is 31.4 Å². The third-order valence-corrected chi connectivity index (χ3v) is 4.40. The fourth-order valence-electron chi connectivity index (χ4n) is 3.18. The van der Waals surface area contributed by atoms with Gasteiger partial charge in [-0.15, -0.1) is 0 Å². The summed E-state index contributed by atoms with van der Waals surface area (Å²) >= 11 is 0. The number of nitrogens with two attached hydrogens (primary N) is 1. The number of amides is 1. The molecule has 0 radical (unpaired) electrons. The predicted molar refractivity (Wildman–Crippen MR) is 81.5 cm³/mol. The molecule has 1 aliphatic rings. The topological polar surface area (TPSA) is 80.9 Å². The summed E-state index contributed by atoms with van der Waals surface area (Å²) in [5.74, 6) is -0.485. The Balaban J connectivity index is 2.22. The number of primary amides is 1. The van der Waals surface area contributed by atoms with Gasteiger partial charge in [-0.2, -0.15) is 0 Å². The number of nitrogens with one attached hydrogen (secondary N) is 1. The van der Waals surface area contributed by atoms with Crippen LogP contribution in [-0.2, 0) is 0 Å². The minimum absolute atomic E-state index is 0.177. The third-order valence-electron chi connectivity index (χ3n) is 4.40. The van der Waals surface area contributed by atoms with Crippen LogP contribution in [0.1, 0.15) is 35.8 Å². The molecule has 106 valence electrons. The molecule has 2 aromatic heterocycles. The van der Waals surface area contributed by atoms with Crippen molar-refractivity contribution in [2.45, 2.75) is 25.3 Å². The predicted octanol–water partition coefficient (Wildman–Crippen LogP) is 2.31. The molecule has 3 aromatic rings. The molecule has 5 nitrogen and oxygen atoms in total. The van der Waals surface area contributed by atoms with Crippen LogP contribution in [0.3, 0.4) is 0 Å². The fraction of sp³-hybridized carbons (Fsp3) is 0.250. The number of fused-ring (bicyclic) bond motifs is 3. The van der Waals surface area contributed by atoms with Gasteiger partial charge in [-0.25, -0.2) is 0 Å². The second-order valence-corrected chi connectivity index (χ2v) is 5.61. The Labute approximate surface area is 120 Å². The number of hydrogen-bond donors (Lipinski definition) is 2. The molecular weight excluding hydrogens is 266 g/mol. The van der Waals surface area contributed by atoms with Crippen molar-refractivity contribution < 1.29 is 4.79 Å². The lowest BCUT2D eigenvalue weighted by atomic mass is 9.92. The first-order chi connectivity index (χ1) is 10.2. The van der Waals surface area contributed by atoms with E-state index in [2.05, 4.69) is 4.98 Å². The number of aromatic amines is 1. The average molecular weight is 281 g/mol. The van der Waals surface area contributed by atoms with Gasteiger partial charge < -0.3 is 15.3 Å². The number of pyridine rings is 1. The van der Waals surface area contributed by atoms with Crippen LogP contribution in [0.2, 0.25) is 0 Å². The van der Waals surface area contributed by atoms with Crippen molar-refractivity contribution in [3.63, 3.8) is 0 Å². The number of nitrogens with zero attached hydrogens (tertiary/aromatic N) is 1. The van der Waals surface area contributed by atoms with Gasteiger partial charge in [0.1, 0.15) is 5.69 Å². The minimum atomic E-state index is -0.485. The second kappa shape index (κ2) is 4.22. The van der Waals surface area contributed by atoms with Crippen LogP contribution in [-0.4, -0.2) is 15.5 Å². The van der Waals surface area contributed by atoms with E-state index in [1.807, 2.05) is 28.8 Å². The van der Waals surface area contributed by atoms with Gasteiger partial charge in [0.05, 0.1) is 16.4 Å². The summed E-state index contributed by atoms with van der Waals surface area (Å²) in [6, 6.07) is 9.54.